The van der Waals surface area contributed by atoms with Crippen molar-refractivity contribution < 1.29 is 14.6 Å². The number of carbonyl (C=O) groups is 1. The predicted molar refractivity (Wildman–Crippen MR) is 110 cm³/mol. The second-order valence-corrected chi connectivity index (χ2v) is 4.95. The molecule has 3 rings (SSSR count). The van der Waals surface area contributed by atoms with Gasteiger partial charge in [-0.05, 0) is 18.6 Å². The molecule has 3 nitrogen and oxygen atoms in total. The van der Waals surface area contributed by atoms with Crippen molar-refractivity contribution in [3.8, 4) is 16.9 Å². The first-order valence-electron chi connectivity index (χ1n) is 9.19. The van der Waals surface area contributed by atoms with E-state index in [4.69, 9.17) is 4.74 Å². The molecule has 1 N–H and O–H groups in total. The average Bonchev–Trinajstić information content (AvgIpc) is 2.72. The Bertz CT molecular complexity index is 823. The SMILES string of the molecule is CC.CC.CCOC(=O)c1c(-c2ccccc2)cc(O)c2ccccc12. The predicted octanol–water partition coefficient (Wildman–Crippen LogP) is 6.44. The fourth-order valence-electron chi connectivity index (χ4n) is 2.62. The molecule has 0 unspecified atom stereocenters. The molecule has 0 saturated carbocycles. The van der Waals surface area contributed by atoms with E-state index in [0.717, 1.165) is 5.56 Å². The van der Waals surface area contributed by atoms with Crippen LogP contribution in [-0.4, -0.2) is 17.7 Å². The van der Waals surface area contributed by atoms with E-state index in [-0.39, 0.29) is 11.7 Å². The van der Waals surface area contributed by atoms with Crippen LogP contribution in [0.25, 0.3) is 21.9 Å². The standard InChI is InChI=1S/C19H16O3.2C2H6/c1-2-22-19(21)18-15-11-7-6-10-14(15)17(20)12-16(18)13-8-4-3-5-9-13;2*1-2/h3-12,20H,2H2,1H3;2*1-2H3. The summed E-state index contributed by atoms with van der Waals surface area (Å²) in [6, 6.07) is 18.5. The Hall–Kier alpha value is -2.81. The molecule has 0 heterocycles. The zero-order chi connectivity index (χ0) is 19.5. The smallest absolute Gasteiger partial charge is 0.339 e. The van der Waals surface area contributed by atoms with Crippen LogP contribution in [0.15, 0.2) is 60.7 Å². The molecule has 0 atom stereocenters. The molecule has 0 spiro atoms. The van der Waals surface area contributed by atoms with E-state index in [1.807, 2.05) is 76.2 Å². The number of hydrogen-bond acceptors (Lipinski definition) is 3. The van der Waals surface area contributed by atoms with Crippen LogP contribution in [0.5, 0.6) is 5.75 Å². The highest BCUT2D eigenvalue weighted by atomic mass is 16.5. The van der Waals surface area contributed by atoms with Crippen molar-refractivity contribution in [2.24, 2.45) is 0 Å². The molecule has 3 aromatic rings. The number of phenols is 1. The largest absolute Gasteiger partial charge is 0.507 e. The van der Waals surface area contributed by atoms with E-state index in [2.05, 4.69) is 0 Å². The minimum absolute atomic E-state index is 0.155. The van der Waals surface area contributed by atoms with Crippen LogP contribution in [0.2, 0.25) is 0 Å². The van der Waals surface area contributed by atoms with Gasteiger partial charge in [-0.25, -0.2) is 4.79 Å². The van der Waals surface area contributed by atoms with Gasteiger partial charge in [0.1, 0.15) is 5.75 Å². The third-order valence-electron chi connectivity index (χ3n) is 3.59. The van der Waals surface area contributed by atoms with Gasteiger partial charge < -0.3 is 9.84 Å². The molecule has 0 fully saturated rings. The first-order chi connectivity index (χ1) is 12.7. The quantitative estimate of drug-likeness (QED) is 0.552. The summed E-state index contributed by atoms with van der Waals surface area (Å²) in [6.45, 7) is 10.1. The molecule has 0 aliphatic carbocycles. The molecule has 0 aliphatic heterocycles. The number of benzene rings is 3. The van der Waals surface area contributed by atoms with Crippen molar-refractivity contribution in [2.45, 2.75) is 34.6 Å². The Kier molecular flexibility index (Phi) is 8.93. The molecular formula is C23H28O3. The van der Waals surface area contributed by atoms with Crippen molar-refractivity contribution in [1.29, 1.82) is 0 Å². The summed E-state index contributed by atoms with van der Waals surface area (Å²) in [4.78, 5) is 12.5. The number of carbonyl (C=O) groups excluding carboxylic acids is 1. The number of ether oxygens (including phenoxy) is 1. The zero-order valence-corrected chi connectivity index (χ0v) is 16.2. The summed E-state index contributed by atoms with van der Waals surface area (Å²) in [7, 11) is 0. The third kappa shape index (κ3) is 4.63. The zero-order valence-electron chi connectivity index (χ0n) is 16.2. The molecule has 26 heavy (non-hydrogen) atoms. The lowest BCUT2D eigenvalue weighted by atomic mass is 9.93. The van der Waals surface area contributed by atoms with Gasteiger partial charge in [0.25, 0.3) is 0 Å². The highest BCUT2D eigenvalue weighted by molar-refractivity contribution is 6.12. The van der Waals surface area contributed by atoms with Crippen molar-refractivity contribution >= 4 is 16.7 Å². The highest BCUT2D eigenvalue weighted by Gasteiger charge is 2.19. The normalized spacial score (nSPS) is 9.42. The minimum Gasteiger partial charge on any atom is -0.507 e. The first-order valence-corrected chi connectivity index (χ1v) is 9.19. The number of rotatable bonds is 3. The van der Waals surface area contributed by atoms with Crippen LogP contribution in [0, 0.1) is 0 Å². The van der Waals surface area contributed by atoms with E-state index in [1.54, 1.807) is 19.1 Å². The van der Waals surface area contributed by atoms with Gasteiger partial charge in [-0.3, -0.25) is 0 Å². The van der Waals surface area contributed by atoms with Crippen molar-refractivity contribution in [2.75, 3.05) is 6.61 Å². The summed E-state index contributed by atoms with van der Waals surface area (Å²) in [5, 5.41) is 11.6. The fraction of sp³-hybridized carbons (Fsp3) is 0.261. The first kappa shape index (κ1) is 21.2. The van der Waals surface area contributed by atoms with Crippen molar-refractivity contribution in [3.63, 3.8) is 0 Å². The lowest BCUT2D eigenvalue weighted by Gasteiger charge is -2.14. The van der Waals surface area contributed by atoms with Gasteiger partial charge in [0.2, 0.25) is 0 Å². The summed E-state index contributed by atoms with van der Waals surface area (Å²) in [5.41, 5.74) is 2.03. The monoisotopic (exact) mass is 352 g/mol. The van der Waals surface area contributed by atoms with E-state index >= 15 is 0 Å². The van der Waals surface area contributed by atoms with Gasteiger partial charge in [-0.2, -0.15) is 0 Å². The van der Waals surface area contributed by atoms with E-state index < -0.39 is 0 Å². The molecule has 0 bridgehead atoms. The maximum atomic E-state index is 12.5. The molecule has 0 aromatic heterocycles. The molecular weight excluding hydrogens is 324 g/mol. The highest BCUT2D eigenvalue weighted by Crippen LogP contribution is 2.36. The van der Waals surface area contributed by atoms with Gasteiger partial charge in [-0.15, -0.1) is 0 Å². The van der Waals surface area contributed by atoms with Crippen LogP contribution in [0.1, 0.15) is 45.0 Å². The van der Waals surface area contributed by atoms with E-state index in [1.165, 1.54) is 0 Å². The van der Waals surface area contributed by atoms with Crippen LogP contribution < -0.4 is 0 Å². The minimum atomic E-state index is -0.377. The molecule has 0 saturated heterocycles. The topological polar surface area (TPSA) is 46.5 Å². The second-order valence-electron chi connectivity index (χ2n) is 4.95. The van der Waals surface area contributed by atoms with Crippen molar-refractivity contribution in [3.05, 3.63) is 66.2 Å². The van der Waals surface area contributed by atoms with Gasteiger partial charge in [-0.1, -0.05) is 82.3 Å². The molecule has 0 amide bonds. The Morgan fingerprint density at radius 2 is 1.42 bits per heavy atom. The van der Waals surface area contributed by atoms with Gasteiger partial charge in [0.05, 0.1) is 12.2 Å². The summed E-state index contributed by atoms with van der Waals surface area (Å²) in [5.74, 6) is -0.222. The average molecular weight is 352 g/mol. The Morgan fingerprint density at radius 1 is 0.885 bits per heavy atom. The van der Waals surface area contributed by atoms with Crippen LogP contribution in [0.4, 0.5) is 0 Å². The maximum absolute atomic E-state index is 12.5. The Balaban J connectivity index is 0.000000791. The van der Waals surface area contributed by atoms with Crippen LogP contribution >= 0.6 is 0 Å². The van der Waals surface area contributed by atoms with Gasteiger partial charge in [0, 0.05) is 16.3 Å². The van der Waals surface area contributed by atoms with Crippen LogP contribution in [0.3, 0.4) is 0 Å². The lowest BCUT2D eigenvalue weighted by Crippen LogP contribution is -2.07. The molecule has 0 radical (unpaired) electrons. The lowest BCUT2D eigenvalue weighted by molar-refractivity contribution is 0.0529. The maximum Gasteiger partial charge on any atom is 0.339 e. The van der Waals surface area contributed by atoms with Gasteiger partial charge >= 0.3 is 5.97 Å². The number of esters is 1. The molecule has 3 aromatic carbocycles. The number of phenolic OH excluding ortho intramolecular Hbond substituents is 1. The van der Waals surface area contributed by atoms with E-state index in [9.17, 15) is 9.90 Å². The summed E-state index contributed by atoms with van der Waals surface area (Å²) >= 11 is 0. The fourth-order valence-corrected chi connectivity index (χ4v) is 2.62. The number of aromatic hydroxyl groups is 1. The molecule has 0 aliphatic rings. The number of fused-ring (bicyclic) bond motifs is 1. The van der Waals surface area contributed by atoms with Crippen molar-refractivity contribution in [1.82, 2.24) is 0 Å². The third-order valence-corrected chi connectivity index (χ3v) is 3.59. The van der Waals surface area contributed by atoms with E-state index in [0.29, 0.717) is 28.5 Å². The summed E-state index contributed by atoms with van der Waals surface area (Å²) < 4.78 is 5.22. The molecule has 138 valence electrons. The molecule has 3 heteroatoms. The second kappa shape index (κ2) is 10.9. The van der Waals surface area contributed by atoms with Crippen LogP contribution in [-0.2, 0) is 4.74 Å². The summed E-state index contributed by atoms with van der Waals surface area (Å²) in [6.07, 6.45) is 0. The Labute approximate surface area is 156 Å². The number of hydrogen-bond donors (Lipinski definition) is 1. The van der Waals surface area contributed by atoms with Gasteiger partial charge in [0.15, 0.2) is 0 Å². The Morgan fingerprint density at radius 3 is 2.00 bits per heavy atom.